The van der Waals surface area contributed by atoms with Gasteiger partial charge < -0.3 is 9.42 Å². The Morgan fingerprint density at radius 3 is 2.65 bits per heavy atom. The van der Waals surface area contributed by atoms with Crippen molar-refractivity contribution in [2.75, 3.05) is 13.1 Å². The predicted octanol–water partition coefficient (Wildman–Crippen LogP) is 2.77. The summed E-state index contributed by atoms with van der Waals surface area (Å²) in [5.41, 5.74) is 0. The summed E-state index contributed by atoms with van der Waals surface area (Å²) in [6.45, 7) is 5.35. The lowest BCUT2D eigenvalue weighted by Crippen LogP contribution is -2.37. The molecule has 0 atom stereocenters. The summed E-state index contributed by atoms with van der Waals surface area (Å²) >= 11 is 1.56. The highest BCUT2D eigenvalue weighted by molar-refractivity contribution is 7.13. The summed E-state index contributed by atoms with van der Waals surface area (Å²) in [6, 6.07) is 3.90. The molecule has 0 bridgehead atoms. The molecule has 0 spiro atoms. The fourth-order valence-electron chi connectivity index (χ4n) is 2.51. The van der Waals surface area contributed by atoms with Crippen LogP contribution in [0.25, 0.3) is 0 Å². The number of rotatable bonds is 2. The second-order valence-electron chi connectivity index (χ2n) is 5.16. The molecule has 2 aromatic heterocycles. The Bertz CT molecular complexity index is 611. The van der Waals surface area contributed by atoms with Gasteiger partial charge in [-0.25, -0.2) is 0 Å². The Morgan fingerprint density at radius 1 is 1.35 bits per heavy atom. The second kappa shape index (κ2) is 5.36. The van der Waals surface area contributed by atoms with Crippen LogP contribution in [-0.4, -0.2) is 34.0 Å². The summed E-state index contributed by atoms with van der Waals surface area (Å²) in [6.07, 6.45) is 1.77. The van der Waals surface area contributed by atoms with Crippen molar-refractivity contribution >= 4 is 17.2 Å². The van der Waals surface area contributed by atoms with E-state index in [1.54, 1.807) is 11.3 Å². The number of aromatic nitrogens is 2. The first kappa shape index (κ1) is 13.3. The minimum atomic E-state index is 0.142. The molecule has 3 heterocycles. The molecule has 1 saturated heterocycles. The first-order valence-corrected chi connectivity index (χ1v) is 7.61. The third kappa shape index (κ3) is 2.60. The van der Waals surface area contributed by atoms with Gasteiger partial charge in [-0.2, -0.15) is 4.98 Å². The molecule has 6 heteroatoms. The fraction of sp³-hybridized carbons (Fsp3) is 0.500. The molecule has 3 rings (SSSR count). The third-order valence-electron chi connectivity index (χ3n) is 3.63. The third-order valence-corrected chi connectivity index (χ3v) is 4.61. The van der Waals surface area contributed by atoms with E-state index >= 15 is 0 Å². The lowest BCUT2D eigenvalue weighted by atomic mass is 9.96. The first-order chi connectivity index (χ1) is 9.63. The van der Waals surface area contributed by atoms with Gasteiger partial charge in [-0.1, -0.05) is 5.16 Å². The number of carbonyl (C=O) groups is 1. The predicted molar refractivity (Wildman–Crippen MR) is 76.0 cm³/mol. The van der Waals surface area contributed by atoms with Crippen molar-refractivity contribution in [2.24, 2.45) is 0 Å². The number of amides is 1. The van der Waals surface area contributed by atoms with E-state index in [1.165, 1.54) is 4.88 Å². The molecule has 0 aliphatic carbocycles. The number of hydrogen-bond donors (Lipinski definition) is 0. The van der Waals surface area contributed by atoms with Gasteiger partial charge in [0.25, 0.3) is 5.91 Å². The quantitative estimate of drug-likeness (QED) is 0.853. The molecule has 0 unspecified atom stereocenters. The Hall–Kier alpha value is -1.69. The Balaban J connectivity index is 1.62. The molecule has 5 nitrogen and oxygen atoms in total. The molecule has 0 N–H and O–H groups in total. The van der Waals surface area contributed by atoms with E-state index in [0.29, 0.717) is 11.7 Å². The van der Waals surface area contributed by atoms with Crippen LogP contribution in [0.2, 0.25) is 0 Å². The van der Waals surface area contributed by atoms with Crippen molar-refractivity contribution < 1.29 is 9.32 Å². The van der Waals surface area contributed by atoms with Crippen molar-refractivity contribution in [1.82, 2.24) is 15.0 Å². The highest BCUT2D eigenvalue weighted by Gasteiger charge is 2.28. The van der Waals surface area contributed by atoms with Crippen LogP contribution < -0.4 is 0 Å². The van der Waals surface area contributed by atoms with Gasteiger partial charge in [-0.05, 0) is 38.8 Å². The molecule has 20 heavy (non-hydrogen) atoms. The van der Waals surface area contributed by atoms with E-state index in [0.717, 1.165) is 30.8 Å². The van der Waals surface area contributed by atoms with Crippen LogP contribution in [0.1, 0.15) is 45.0 Å². The van der Waals surface area contributed by atoms with E-state index in [1.807, 2.05) is 30.9 Å². The smallest absolute Gasteiger partial charge is 0.263 e. The minimum Gasteiger partial charge on any atom is -0.339 e. The number of thiophene rings is 1. The highest BCUT2D eigenvalue weighted by atomic mass is 32.1. The molecule has 1 amide bonds. The summed E-state index contributed by atoms with van der Waals surface area (Å²) in [5.74, 6) is 1.81. The zero-order valence-electron chi connectivity index (χ0n) is 11.6. The van der Waals surface area contributed by atoms with Gasteiger partial charge in [0.1, 0.15) is 0 Å². The number of piperidine rings is 1. The first-order valence-electron chi connectivity index (χ1n) is 6.79. The van der Waals surface area contributed by atoms with Crippen LogP contribution in [0.5, 0.6) is 0 Å². The summed E-state index contributed by atoms with van der Waals surface area (Å²) < 4.78 is 5.22. The van der Waals surface area contributed by atoms with Gasteiger partial charge in [0.05, 0.1) is 4.88 Å². The number of aryl methyl sites for hydroxylation is 2. The number of hydrogen-bond acceptors (Lipinski definition) is 5. The van der Waals surface area contributed by atoms with E-state index in [2.05, 4.69) is 10.1 Å². The number of nitrogens with zero attached hydrogens (tertiary/aromatic N) is 3. The summed E-state index contributed by atoms with van der Waals surface area (Å²) in [7, 11) is 0. The van der Waals surface area contributed by atoms with Crippen LogP contribution >= 0.6 is 11.3 Å². The molecular weight excluding hydrogens is 274 g/mol. The monoisotopic (exact) mass is 291 g/mol. The minimum absolute atomic E-state index is 0.142. The fourth-order valence-corrected chi connectivity index (χ4v) is 3.35. The molecule has 0 saturated carbocycles. The Morgan fingerprint density at radius 2 is 2.10 bits per heavy atom. The lowest BCUT2D eigenvalue weighted by Gasteiger charge is -2.30. The molecule has 1 fully saturated rings. The average molecular weight is 291 g/mol. The van der Waals surface area contributed by atoms with Crippen LogP contribution in [-0.2, 0) is 0 Å². The van der Waals surface area contributed by atoms with Crippen molar-refractivity contribution in [3.8, 4) is 0 Å². The van der Waals surface area contributed by atoms with Crippen molar-refractivity contribution in [3.63, 3.8) is 0 Å². The maximum atomic E-state index is 12.3. The molecule has 106 valence electrons. The summed E-state index contributed by atoms with van der Waals surface area (Å²) in [4.78, 5) is 20.6. The second-order valence-corrected chi connectivity index (χ2v) is 6.44. The van der Waals surface area contributed by atoms with E-state index in [4.69, 9.17) is 4.52 Å². The number of likely N-dealkylation sites (tertiary alicyclic amines) is 1. The lowest BCUT2D eigenvalue weighted by molar-refractivity contribution is 0.0709. The van der Waals surface area contributed by atoms with Gasteiger partial charge in [-0.15, -0.1) is 11.3 Å². The SMILES string of the molecule is Cc1noc(C2CCN(C(=O)c3ccc(C)s3)CC2)n1. The Kier molecular flexibility index (Phi) is 3.56. The largest absolute Gasteiger partial charge is 0.339 e. The van der Waals surface area contributed by atoms with E-state index in [-0.39, 0.29) is 11.8 Å². The van der Waals surface area contributed by atoms with Gasteiger partial charge in [0.2, 0.25) is 5.89 Å². The van der Waals surface area contributed by atoms with Gasteiger partial charge in [0.15, 0.2) is 5.82 Å². The van der Waals surface area contributed by atoms with Crippen molar-refractivity contribution in [2.45, 2.75) is 32.6 Å². The van der Waals surface area contributed by atoms with Crippen LogP contribution in [0.3, 0.4) is 0 Å². The number of carbonyl (C=O) groups excluding carboxylic acids is 1. The normalized spacial score (nSPS) is 16.6. The molecule has 2 aromatic rings. The van der Waals surface area contributed by atoms with Crippen molar-refractivity contribution in [1.29, 1.82) is 0 Å². The zero-order chi connectivity index (χ0) is 14.1. The standard InChI is InChI=1S/C14H17N3O2S/c1-9-3-4-12(20-9)14(18)17-7-5-11(6-8-17)13-15-10(2)16-19-13/h3-4,11H,5-8H2,1-2H3. The molecular formula is C14H17N3O2S. The maximum Gasteiger partial charge on any atom is 0.263 e. The van der Waals surface area contributed by atoms with Gasteiger partial charge >= 0.3 is 0 Å². The molecule has 0 radical (unpaired) electrons. The molecule has 0 aromatic carbocycles. The molecule has 1 aliphatic heterocycles. The summed E-state index contributed by atoms with van der Waals surface area (Å²) in [5, 5.41) is 3.83. The van der Waals surface area contributed by atoms with Crippen LogP contribution in [0.4, 0.5) is 0 Å². The zero-order valence-corrected chi connectivity index (χ0v) is 12.4. The Labute approximate surface area is 121 Å². The average Bonchev–Trinajstić information content (AvgIpc) is 3.07. The van der Waals surface area contributed by atoms with E-state index < -0.39 is 0 Å². The molecule has 1 aliphatic rings. The maximum absolute atomic E-state index is 12.3. The van der Waals surface area contributed by atoms with E-state index in [9.17, 15) is 4.79 Å². The van der Waals surface area contributed by atoms with Gasteiger partial charge in [0, 0.05) is 23.9 Å². The van der Waals surface area contributed by atoms with Crippen LogP contribution in [0, 0.1) is 13.8 Å². The van der Waals surface area contributed by atoms with Crippen LogP contribution in [0.15, 0.2) is 16.7 Å². The van der Waals surface area contributed by atoms with Crippen molar-refractivity contribution in [3.05, 3.63) is 33.6 Å². The topological polar surface area (TPSA) is 59.2 Å². The highest BCUT2D eigenvalue weighted by Crippen LogP contribution is 2.28. The van der Waals surface area contributed by atoms with Gasteiger partial charge in [-0.3, -0.25) is 4.79 Å².